The van der Waals surface area contributed by atoms with Gasteiger partial charge >= 0.3 is 6.16 Å². The fraction of sp³-hybridized carbons (Fsp3) is 0.357. The fourth-order valence-electron chi connectivity index (χ4n) is 5.47. The Hall–Kier alpha value is -4.34. The Bertz CT molecular complexity index is 1480. The van der Waals surface area contributed by atoms with Crippen LogP contribution in [0.5, 0.6) is 0 Å². The van der Waals surface area contributed by atoms with E-state index in [1.807, 2.05) is 54.6 Å². The highest BCUT2D eigenvalue weighted by Crippen LogP contribution is 2.37. The molecule has 2 aromatic carbocycles. The zero-order valence-electron chi connectivity index (χ0n) is 20.8. The van der Waals surface area contributed by atoms with Crippen LogP contribution in [0.2, 0.25) is 0 Å². The van der Waals surface area contributed by atoms with Crippen molar-refractivity contribution in [2.45, 2.75) is 50.7 Å². The van der Waals surface area contributed by atoms with Crippen molar-refractivity contribution in [3.05, 3.63) is 60.2 Å². The summed E-state index contributed by atoms with van der Waals surface area (Å²) in [5.41, 5.74) is 3.51. The number of carboxylic acid groups (broad SMARTS) is 1. The molecular formula is C28H28N6O4. The third kappa shape index (κ3) is 4.93. The number of pyridine rings is 1. The van der Waals surface area contributed by atoms with Gasteiger partial charge in [-0.2, -0.15) is 5.21 Å². The first-order valence-electron chi connectivity index (χ1n) is 12.9. The molecule has 2 aromatic heterocycles. The summed E-state index contributed by atoms with van der Waals surface area (Å²) >= 11 is 0. The van der Waals surface area contributed by atoms with E-state index in [2.05, 4.69) is 20.6 Å². The normalized spacial score (nSPS) is 16.4. The van der Waals surface area contributed by atoms with Gasteiger partial charge in [0.1, 0.15) is 5.60 Å². The molecule has 0 spiro atoms. The molecule has 4 aromatic rings. The molecule has 0 unspecified atom stereocenters. The van der Waals surface area contributed by atoms with E-state index in [0.29, 0.717) is 25.2 Å². The van der Waals surface area contributed by atoms with E-state index < -0.39 is 11.8 Å². The summed E-state index contributed by atoms with van der Waals surface area (Å²) in [5.74, 6) is 0.615. The smallest absolute Gasteiger partial charge is 0.450 e. The molecule has 2 aliphatic rings. The number of fused-ring (bicyclic) bond motifs is 1. The number of amides is 1. The van der Waals surface area contributed by atoms with Gasteiger partial charge in [-0.15, -0.1) is 10.2 Å². The monoisotopic (exact) mass is 512 g/mol. The molecule has 38 heavy (non-hydrogen) atoms. The average Bonchev–Trinajstić information content (AvgIpc) is 3.43. The number of H-pyrrole nitrogens is 1. The van der Waals surface area contributed by atoms with Crippen LogP contribution in [0.25, 0.3) is 33.5 Å². The molecule has 0 radical (unpaired) electrons. The van der Waals surface area contributed by atoms with E-state index in [4.69, 9.17) is 9.72 Å². The summed E-state index contributed by atoms with van der Waals surface area (Å²) in [6, 6.07) is 17.8. The highest BCUT2D eigenvalue weighted by Gasteiger charge is 2.43. The van der Waals surface area contributed by atoms with Crippen LogP contribution in [0.15, 0.2) is 54.6 Å². The molecule has 0 aliphatic heterocycles. The van der Waals surface area contributed by atoms with E-state index in [0.717, 1.165) is 59.0 Å². The average molecular weight is 513 g/mol. The predicted octanol–water partition coefficient (Wildman–Crippen LogP) is 4.83. The predicted molar refractivity (Wildman–Crippen MR) is 139 cm³/mol. The van der Waals surface area contributed by atoms with Gasteiger partial charge in [0.05, 0.1) is 17.8 Å². The van der Waals surface area contributed by atoms with Crippen molar-refractivity contribution in [3.8, 4) is 22.6 Å². The van der Waals surface area contributed by atoms with Gasteiger partial charge in [-0.1, -0.05) is 36.4 Å². The van der Waals surface area contributed by atoms with Crippen LogP contribution in [-0.4, -0.2) is 59.8 Å². The van der Waals surface area contributed by atoms with Gasteiger partial charge in [-0.05, 0) is 67.5 Å². The van der Waals surface area contributed by atoms with E-state index in [1.165, 1.54) is 0 Å². The number of ether oxygens (including phenoxy) is 1. The standard InChI is InChI=1S/C28H28N6O4/c35-26(19-8-9-19)34(17-28(38-27(36)37)13-3-4-14-28)16-18-7-11-23-20(15-18)10-12-24(29-23)21-5-1-2-6-22(21)25-30-32-33-31-25/h1-2,5-7,10-12,15,19H,3-4,8-9,13-14,16-17H2,(H,36,37)(H,30,31,32,33). The minimum atomic E-state index is -1.28. The largest absolute Gasteiger partial charge is 0.506 e. The van der Waals surface area contributed by atoms with Gasteiger partial charge in [-0.3, -0.25) is 4.79 Å². The second-order valence-corrected chi connectivity index (χ2v) is 10.2. The maximum Gasteiger partial charge on any atom is 0.506 e. The molecule has 1 amide bonds. The number of carbonyl (C=O) groups excluding carboxylic acids is 1. The molecule has 0 bridgehead atoms. The van der Waals surface area contributed by atoms with Crippen LogP contribution >= 0.6 is 0 Å². The minimum absolute atomic E-state index is 0.0298. The molecule has 10 heteroatoms. The van der Waals surface area contributed by atoms with Crippen molar-refractivity contribution in [3.63, 3.8) is 0 Å². The lowest BCUT2D eigenvalue weighted by Gasteiger charge is -2.34. The van der Waals surface area contributed by atoms with E-state index in [-0.39, 0.29) is 18.4 Å². The Morgan fingerprint density at radius 1 is 1.05 bits per heavy atom. The first-order chi connectivity index (χ1) is 18.5. The molecule has 2 aliphatic carbocycles. The molecule has 2 fully saturated rings. The second kappa shape index (κ2) is 9.85. The van der Waals surface area contributed by atoms with Crippen LogP contribution in [0.1, 0.15) is 44.1 Å². The summed E-state index contributed by atoms with van der Waals surface area (Å²) in [4.78, 5) is 31.3. The van der Waals surface area contributed by atoms with Gasteiger partial charge < -0.3 is 14.7 Å². The number of aromatic amines is 1. The highest BCUT2D eigenvalue weighted by atomic mass is 16.7. The molecule has 10 nitrogen and oxygen atoms in total. The molecule has 0 atom stereocenters. The zero-order valence-corrected chi connectivity index (χ0v) is 20.8. The number of nitrogens with zero attached hydrogens (tertiary/aromatic N) is 5. The molecule has 2 heterocycles. The van der Waals surface area contributed by atoms with Crippen LogP contribution in [0.4, 0.5) is 4.79 Å². The van der Waals surface area contributed by atoms with Crippen LogP contribution in [-0.2, 0) is 16.1 Å². The summed E-state index contributed by atoms with van der Waals surface area (Å²) < 4.78 is 5.38. The number of carbonyl (C=O) groups is 2. The summed E-state index contributed by atoms with van der Waals surface area (Å²) in [7, 11) is 0. The van der Waals surface area contributed by atoms with Gasteiger partial charge in [0, 0.05) is 29.0 Å². The lowest BCUT2D eigenvalue weighted by molar-refractivity contribution is -0.137. The number of rotatable bonds is 8. The Morgan fingerprint density at radius 3 is 2.55 bits per heavy atom. The first-order valence-corrected chi connectivity index (χ1v) is 12.9. The van der Waals surface area contributed by atoms with Gasteiger partial charge in [0.2, 0.25) is 11.7 Å². The maximum atomic E-state index is 13.2. The summed E-state index contributed by atoms with van der Waals surface area (Å²) in [6.07, 6.45) is 3.58. The van der Waals surface area contributed by atoms with Crippen molar-refractivity contribution < 1.29 is 19.4 Å². The number of tetrazole rings is 1. The van der Waals surface area contributed by atoms with Crippen LogP contribution in [0, 0.1) is 5.92 Å². The first kappa shape index (κ1) is 24.0. The number of hydrogen-bond acceptors (Lipinski definition) is 7. The number of benzene rings is 2. The Kier molecular flexibility index (Phi) is 6.22. The van der Waals surface area contributed by atoms with Crippen molar-refractivity contribution in [1.82, 2.24) is 30.5 Å². The Balaban J connectivity index is 1.27. The summed E-state index contributed by atoms with van der Waals surface area (Å²) in [5, 5.41) is 24.7. The van der Waals surface area contributed by atoms with Crippen molar-refractivity contribution in [2.24, 2.45) is 5.92 Å². The molecule has 194 valence electrons. The fourth-order valence-corrected chi connectivity index (χ4v) is 5.47. The lowest BCUT2D eigenvalue weighted by Crippen LogP contribution is -2.47. The highest BCUT2D eigenvalue weighted by molar-refractivity contribution is 5.86. The van der Waals surface area contributed by atoms with Gasteiger partial charge in [0.25, 0.3) is 0 Å². The van der Waals surface area contributed by atoms with Crippen molar-refractivity contribution >= 4 is 23.0 Å². The van der Waals surface area contributed by atoms with Crippen molar-refractivity contribution in [2.75, 3.05) is 6.54 Å². The zero-order chi connectivity index (χ0) is 26.1. The molecule has 2 N–H and O–H groups in total. The quantitative estimate of drug-likeness (QED) is 0.321. The van der Waals surface area contributed by atoms with Crippen LogP contribution in [0.3, 0.4) is 0 Å². The molecule has 2 saturated carbocycles. The van der Waals surface area contributed by atoms with Gasteiger partial charge in [0.15, 0.2) is 0 Å². The summed E-state index contributed by atoms with van der Waals surface area (Å²) in [6.45, 7) is 0.690. The van der Waals surface area contributed by atoms with Gasteiger partial charge in [-0.25, -0.2) is 9.78 Å². The Labute approximate surface area is 219 Å². The third-order valence-electron chi connectivity index (χ3n) is 7.45. The second-order valence-electron chi connectivity index (χ2n) is 10.2. The topological polar surface area (TPSA) is 134 Å². The van der Waals surface area contributed by atoms with Crippen molar-refractivity contribution in [1.29, 1.82) is 0 Å². The lowest BCUT2D eigenvalue weighted by atomic mass is 10.00. The SMILES string of the molecule is O=C(O)OC1(CN(Cc2ccc3nc(-c4ccccc4-c4nn[nH]n4)ccc3c2)C(=O)C2CC2)CCCC1. The molecule has 0 saturated heterocycles. The molecular weight excluding hydrogens is 484 g/mol. The number of nitrogens with one attached hydrogen (secondary N) is 1. The minimum Gasteiger partial charge on any atom is -0.450 e. The van der Waals surface area contributed by atoms with E-state index in [9.17, 15) is 14.7 Å². The van der Waals surface area contributed by atoms with E-state index >= 15 is 0 Å². The van der Waals surface area contributed by atoms with Crippen LogP contribution < -0.4 is 0 Å². The number of hydrogen-bond donors (Lipinski definition) is 2. The number of aromatic nitrogens is 5. The maximum absolute atomic E-state index is 13.2. The Morgan fingerprint density at radius 2 is 1.84 bits per heavy atom. The molecule has 6 rings (SSSR count). The van der Waals surface area contributed by atoms with E-state index in [1.54, 1.807) is 4.90 Å². The third-order valence-corrected chi connectivity index (χ3v) is 7.45.